The SMILES string of the molecule is COc1ccccc1-c1nn(COCC[Si](C)(C)C)c2ncc(-c3cccc(C(=O)C(=O)O)c3)cc12. The molecular weight excluding hydrogens is 474 g/mol. The molecule has 0 aliphatic carbocycles. The molecule has 0 amide bonds. The van der Waals surface area contributed by atoms with Crippen molar-refractivity contribution < 1.29 is 24.2 Å². The van der Waals surface area contributed by atoms with E-state index >= 15 is 0 Å². The molecule has 0 atom stereocenters. The van der Waals surface area contributed by atoms with Gasteiger partial charge in [-0.1, -0.05) is 50.0 Å². The number of rotatable bonds is 10. The number of carboxylic acid groups (broad SMARTS) is 1. The number of fused-ring (bicyclic) bond motifs is 1. The van der Waals surface area contributed by atoms with Crippen molar-refractivity contribution in [1.29, 1.82) is 0 Å². The van der Waals surface area contributed by atoms with E-state index in [4.69, 9.17) is 19.7 Å². The maximum absolute atomic E-state index is 12.0. The lowest BCUT2D eigenvalue weighted by atomic mass is 10.0. The van der Waals surface area contributed by atoms with E-state index in [2.05, 4.69) is 24.6 Å². The highest BCUT2D eigenvalue weighted by Gasteiger charge is 2.19. The van der Waals surface area contributed by atoms with Gasteiger partial charge in [0.2, 0.25) is 0 Å². The number of para-hydroxylation sites is 1. The predicted molar refractivity (Wildman–Crippen MR) is 141 cm³/mol. The van der Waals surface area contributed by atoms with Gasteiger partial charge in [-0.05, 0) is 35.9 Å². The number of ether oxygens (including phenoxy) is 2. The Morgan fingerprint density at radius 1 is 1.03 bits per heavy atom. The van der Waals surface area contributed by atoms with E-state index in [0.29, 0.717) is 29.3 Å². The first-order chi connectivity index (χ1) is 17.2. The van der Waals surface area contributed by atoms with Crippen molar-refractivity contribution in [3.8, 4) is 28.1 Å². The van der Waals surface area contributed by atoms with Crippen LogP contribution in [0.1, 0.15) is 10.4 Å². The number of carbonyl (C=O) groups is 2. The lowest BCUT2D eigenvalue weighted by Gasteiger charge is -2.15. The summed E-state index contributed by atoms with van der Waals surface area (Å²) >= 11 is 0. The third-order valence-electron chi connectivity index (χ3n) is 5.81. The number of carbonyl (C=O) groups excluding carboxylic acids is 1. The molecular formula is C27H29N3O5Si. The van der Waals surface area contributed by atoms with Gasteiger partial charge in [0, 0.05) is 43.0 Å². The molecule has 36 heavy (non-hydrogen) atoms. The molecule has 1 N–H and O–H groups in total. The van der Waals surface area contributed by atoms with Crippen molar-refractivity contribution in [1.82, 2.24) is 14.8 Å². The highest BCUT2D eigenvalue weighted by atomic mass is 28.3. The number of hydrogen-bond acceptors (Lipinski definition) is 6. The van der Waals surface area contributed by atoms with Crippen molar-refractivity contribution >= 4 is 30.9 Å². The second kappa shape index (κ2) is 10.4. The van der Waals surface area contributed by atoms with Gasteiger partial charge in [0.1, 0.15) is 18.2 Å². The minimum atomic E-state index is -1.49. The fourth-order valence-corrected chi connectivity index (χ4v) is 4.60. The number of hydrogen-bond donors (Lipinski definition) is 1. The number of ketones is 1. The first kappa shape index (κ1) is 25.3. The second-order valence-electron chi connectivity index (χ2n) is 9.71. The second-order valence-corrected chi connectivity index (χ2v) is 15.3. The van der Waals surface area contributed by atoms with Crippen LogP contribution in [0.25, 0.3) is 33.4 Å². The van der Waals surface area contributed by atoms with Gasteiger partial charge >= 0.3 is 5.97 Å². The van der Waals surface area contributed by atoms with E-state index in [-0.39, 0.29) is 12.3 Å². The zero-order valence-corrected chi connectivity index (χ0v) is 21.8. The van der Waals surface area contributed by atoms with Crippen LogP contribution in [0.5, 0.6) is 5.75 Å². The Balaban J connectivity index is 1.78. The Bertz CT molecular complexity index is 1420. The highest BCUT2D eigenvalue weighted by Crippen LogP contribution is 2.35. The quantitative estimate of drug-likeness (QED) is 0.135. The molecule has 2 heterocycles. The molecule has 4 aromatic rings. The van der Waals surface area contributed by atoms with Crippen LogP contribution in [0.4, 0.5) is 0 Å². The molecule has 0 spiro atoms. The molecule has 0 fully saturated rings. The summed E-state index contributed by atoms with van der Waals surface area (Å²) in [7, 11) is 0.396. The van der Waals surface area contributed by atoms with Gasteiger partial charge in [-0.2, -0.15) is 5.10 Å². The van der Waals surface area contributed by atoms with Crippen molar-refractivity contribution in [2.45, 2.75) is 32.4 Å². The third-order valence-corrected chi connectivity index (χ3v) is 7.52. The summed E-state index contributed by atoms with van der Waals surface area (Å²) in [6, 6.07) is 17.2. The zero-order chi connectivity index (χ0) is 25.9. The smallest absolute Gasteiger partial charge is 0.377 e. The summed E-state index contributed by atoms with van der Waals surface area (Å²) < 4.78 is 13.3. The summed E-state index contributed by atoms with van der Waals surface area (Å²) in [6.45, 7) is 7.85. The minimum Gasteiger partial charge on any atom is -0.496 e. The molecule has 0 saturated carbocycles. The summed E-state index contributed by atoms with van der Waals surface area (Å²) in [5.41, 5.74) is 3.70. The lowest BCUT2D eigenvalue weighted by Crippen LogP contribution is -2.22. The average Bonchev–Trinajstić information content (AvgIpc) is 3.23. The summed E-state index contributed by atoms with van der Waals surface area (Å²) in [4.78, 5) is 27.8. The van der Waals surface area contributed by atoms with Gasteiger partial charge in [-0.3, -0.25) is 4.79 Å². The van der Waals surface area contributed by atoms with E-state index in [1.165, 1.54) is 6.07 Å². The van der Waals surface area contributed by atoms with E-state index in [1.54, 1.807) is 30.1 Å². The van der Waals surface area contributed by atoms with Crippen LogP contribution in [0.3, 0.4) is 0 Å². The Morgan fingerprint density at radius 3 is 2.53 bits per heavy atom. The molecule has 0 saturated heterocycles. The number of Topliss-reactive ketones (excluding diaryl/α,β-unsaturated/α-hetero) is 1. The molecule has 9 heteroatoms. The normalized spacial score (nSPS) is 11.6. The molecule has 8 nitrogen and oxygen atoms in total. The van der Waals surface area contributed by atoms with Gasteiger partial charge < -0.3 is 14.6 Å². The van der Waals surface area contributed by atoms with Gasteiger partial charge in [-0.25, -0.2) is 14.5 Å². The Morgan fingerprint density at radius 2 is 1.81 bits per heavy atom. The topological polar surface area (TPSA) is 104 Å². The van der Waals surface area contributed by atoms with Gasteiger partial charge in [0.05, 0.1) is 7.11 Å². The van der Waals surface area contributed by atoms with Crippen LogP contribution >= 0.6 is 0 Å². The summed E-state index contributed by atoms with van der Waals surface area (Å²) in [6.07, 6.45) is 1.69. The number of nitrogens with zero attached hydrogens (tertiary/aromatic N) is 3. The van der Waals surface area contributed by atoms with Crippen molar-refractivity contribution in [3.63, 3.8) is 0 Å². The number of methoxy groups -OCH3 is 1. The van der Waals surface area contributed by atoms with E-state index < -0.39 is 19.8 Å². The van der Waals surface area contributed by atoms with E-state index in [1.807, 2.05) is 36.4 Å². The highest BCUT2D eigenvalue weighted by molar-refractivity contribution is 6.76. The molecule has 0 aliphatic heterocycles. The van der Waals surface area contributed by atoms with Gasteiger partial charge in [-0.15, -0.1) is 0 Å². The average molecular weight is 504 g/mol. The summed E-state index contributed by atoms with van der Waals surface area (Å²) in [5, 5.41) is 14.7. The maximum atomic E-state index is 12.0. The maximum Gasteiger partial charge on any atom is 0.377 e. The summed E-state index contributed by atoms with van der Waals surface area (Å²) in [5.74, 6) is -1.76. The van der Waals surface area contributed by atoms with Crippen molar-refractivity contribution in [3.05, 3.63) is 66.4 Å². The number of aliphatic carboxylic acids is 1. The van der Waals surface area contributed by atoms with Crippen LogP contribution in [-0.4, -0.2) is 53.4 Å². The minimum absolute atomic E-state index is 0.108. The first-order valence-electron chi connectivity index (χ1n) is 11.6. The largest absolute Gasteiger partial charge is 0.496 e. The molecule has 4 rings (SSSR count). The molecule has 0 radical (unpaired) electrons. The monoisotopic (exact) mass is 503 g/mol. The molecule has 0 unspecified atom stereocenters. The standard InChI is InChI=1S/C27H29N3O5Si/c1-34-23-11-6-5-10-21(23)24-22-15-20(18-8-7-9-19(14-18)25(31)27(32)33)16-28-26(22)30(29-24)17-35-12-13-36(2,3)4/h5-11,14-16H,12-13,17H2,1-4H3,(H,32,33). The number of aromatic nitrogens is 3. The fourth-order valence-electron chi connectivity index (χ4n) is 3.84. The molecule has 0 aliphatic rings. The van der Waals surface area contributed by atoms with Gasteiger partial charge in [0.15, 0.2) is 5.65 Å². The Hall–Kier alpha value is -3.82. The number of benzene rings is 2. The van der Waals surface area contributed by atoms with Crippen LogP contribution in [0.2, 0.25) is 25.7 Å². The van der Waals surface area contributed by atoms with Crippen LogP contribution < -0.4 is 4.74 Å². The predicted octanol–water partition coefficient (Wildman–Crippen LogP) is 5.35. The van der Waals surface area contributed by atoms with E-state index in [0.717, 1.165) is 22.6 Å². The Labute approximate surface area is 210 Å². The van der Waals surface area contributed by atoms with E-state index in [9.17, 15) is 9.59 Å². The van der Waals surface area contributed by atoms with Crippen molar-refractivity contribution in [2.75, 3.05) is 13.7 Å². The van der Waals surface area contributed by atoms with Crippen LogP contribution in [0.15, 0.2) is 60.8 Å². The van der Waals surface area contributed by atoms with Gasteiger partial charge in [0.25, 0.3) is 5.78 Å². The molecule has 0 bridgehead atoms. The van der Waals surface area contributed by atoms with Crippen molar-refractivity contribution in [2.24, 2.45) is 0 Å². The molecule has 2 aromatic heterocycles. The first-order valence-corrected chi connectivity index (χ1v) is 15.3. The fraction of sp³-hybridized carbons (Fsp3) is 0.259. The lowest BCUT2D eigenvalue weighted by molar-refractivity contribution is -0.131. The number of pyridine rings is 1. The Kier molecular flexibility index (Phi) is 7.32. The molecule has 186 valence electrons. The number of carboxylic acids is 1. The van der Waals surface area contributed by atoms with Crippen LogP contribution in [-0.2, 0) is 16.3 Å². The zero-order valence-electron chi connectivity index (χ0n) is 20.8. The molecule has 2 aromatic carbocycles. The third kappa shape index (κ3) is 5.53. The van der Waals surface area contributed by atoms with Crippen LogP contribution in [0, 0.1) is 0 Å².